The van der Waals surface area contributed by atoms with Gasteiger partial charge in [-0.15, -0.1) is 0 Å². The molecule has 1 aromatic heterocycles. The van der Waals surface area contributed by atoms with Gasteiger partial charge in [0, 0.05) is 68.7 Å². The van der Waals surface area contributed by atoms with E-state index in [1.54, 1.807) is 0 Å². The summed E-state index contributed by atoms with van der Waals surface area (Å²) in [5, 5.41) is 7.99. The maximum Gasteiger partial charge on any atom is 0.251 e. The number of benzene rings is 2. The van der Waals surface area contributed by atoms with Crippen molar-refractivity contribution in [1.29, 1.82) is 0 Å². The van der Waals surface area contributed by atoms with Crippen molar-refractivity contribution in [3.05, 3.63) is 71.9 Å². The molecular formula is C27H33N5O. The second-order valence-electron chi connectivity index (χ2n) is 9.64. The first-order valence-corrected chi connectivity index (χ1v) is 11.9. The third-order valence-electron chi connectivity index (χ3n) is 7.39. The van der Waals surface area contributed by atoms with E-state index < -0.39 is 0 Å². The number of hydrogen-bond acceptors (Lipinski definition) is 4. The molecule has 6 rings (SSSR count). The number of carbonyl (C=O) groups excluding carboxylic acids is 1. The van der Waals surface area contributed by atoms with Crippen LogP contribution in [0.5, 0.6) is 0 Å². The molecule has 1 unspecified atom stereocenters. The second-order valence-corrected chi connectivity index (χ2v) is 9.64. The molecule has 3 aliphatic rings. The van der Waals surface area contributed by atoms with Crippen LogP contribution in [0, 0.1) is 5.92 Å². The molecule has 33 heavy (non-hydrogen) atoms. The van der Waals surface area contributed by atoms with Crippen molar-refractivity contribution in [3.8, 4) is 11.3 Å². The highest BCUT2D eigenvalue weighted by Crippen LogP contribution is 2.42. The van der Waals surface area contributed by atoms with Crippen LogP contribution in [0.25, 0.3) is 11.3 Å². The van der Waals surface area contributed by atoms with Gasteiger partial charge in [0.05, 0.1) is 5.69 Å². The van der Waals surface area contributed by atoms with Crippen LogP contribution >= 0.6 is 0 Å². The van der Waals surface area contributed by atoms with E-state index >= 15 is 0 Å². The summed E-state index contributed by atoms with van der Waals surface area (Å²) < 4.78 is 2.07. The number of rotatable bonds is 6. The van der Waals surface area contributed by atoms with Crippen LogP contribution in [0.3, 0.4) is 0 Å². The van der Waals surface area contributed by atoms with E-state index in [0.29, 0.717) is 24.4 Å². The third-order valence-corrected chi connectivity index (χ3v) is 7.39. The number of hydrogen-bond donors (Lipinski definition) is 1. The molecule has 6 nitrogen and oxygen atoms in total. The van der Waals surface area contributed by atoms with Crippen LogP contribution < -0.4 is 10.2 Å². The zero-order valence-corrected chi connectivity index (χ0v) is 19.7. The van der Waals surface area contributed by atoms with E-state index in [0.717, 1.165) is 36.5 Å². The Bertz CT molecular complexity index is 1110. The fraction of sp³-hybridized carbons (Fsp3) is 0.407. The maximum absolute atomic E-state index is 12.7. The summed E-state index contributed by atoms with van der Waals surface area (Å²) in [4.78, 5) is 17.3. The van der Waals surface area contributed by atoms with Crippen LogP contribution in [0.15, 0.2) is 60.7 Å². The SMILES string of the molecule is CN(C)c1ccc(C(=O)NC[C@H]2C[C@@H]3CCN2C[C@@H]3c2cc(-c3ccccc3)nn2C)cc1. The molecule has 3 aliphatic heterocycles. The first kappa shape index (κ1) is 21.7. The average Bonchev–Trinajstić information content (AvgIpc) is 3.25. The topological polar surface area (TPSA) is 53.4 Å². The van der Waals surface area contributed by atoms with Crippen LogP contribution in [0.1, 0.15) is 34.8 Å². The molecule has 0 radical (unpaired) electrons. The van der Waals surface area contributed by atoms with Gasteiger partial charge in [0.15, 0.2) is 0 Å². The quantitative estimate of drug-likeness (QED) is 0.630. The van der Waals surface area contributed by atoms with Crippen molar-refractivity contribution in [3.63, 3.8) is 0 Å². The lowest BCUT2D eigenvalue weighted by atomic mass is 9.74. The van der Waals surface area contributed by atoms with Gasteiger partial charge in [-0.05, 0) is 55.6 Å². The normalized spacial score (nSPS) is 24.0. The van der Waals surface area contributed by atoms with Gasteiger partial charge in [-0.2, -0.15) is 5.10 Å². The smallest absolute Gasteiger partial charge is 0.251 e. The minimum Gasteiger partial charge on any atom is -0.378 e. The molecular weight excluding hydrogens is 410 g/mol. The molecule has 3 aromatic rings. The van der Waals surface area contributed by atoms with E-state index in [-0.39, 0.29) is 5.91 Å². The Labute approximate surface area is 196 Å². The molecule has 2 aromatic carbocycles. The largest absolute Gasteiger partial charge is 0.378 e. The Morgan fingerprint density at radius 1 is 1.12 bits per heavy atom. The summed E-state index contributed by atoms with van der Waals surface area (Å²) in [6.45, 7) is 2.86. The van der Waals surface area contributed by atoms with Gasteiger partial charge < -0.3 is 10.2 Å². The molecule has 1 amide bonds. The summed E-state index contributed by atoms with van der Waals surface area (Å²) in [5.41, 5.74) is 5.36. The van der Waals surface area contributed by atoms with E-state index in [1.807, 2.05) is 49.3 Å². The Morgan fingerprint density at radius 2 is 1.88 bits per heavy atom. The van der Waals surface area contributed by atoms with Gasteiger partial charge in [-0.25, -0.2) is 0 Å². The van der Waals surface area contributed by atoms with Crippen molar-refractivity contribution in [1.82, 2.24) is 20.0 Å². The van der Waals surface area contributed by atoms with Gasteiger partial charge in [-0.3, -0.25) is 14.4 Å². The number of carbonyl (C=O) groups is 1. The van der Waals surface area contributed by atoms with Crippen molar-refractivity contribution in [2.24, 2.45) is 13.0 Å². The monoisotopic (exact) mass is 443 g/mol. The lowest BCUT2D eigenvalue weighted by molar-refractivity contribution is 0.0280. The molecule has 0 spiro atoms. The summed E-state index contributed by atoms with van der Waals surface area (Å²) in [7, 11) is 6.07. The number of amides is 1. The molecule has 3 saturated heterocycles. The Balaban J connectivity index is 1.22. The van der Waals surface area contributed by atoms with Crippen molar-refractivity contribution < 1.29 is 4.79 Å². The highest BCUT2D eigenvalue weighted by atomic mass is 16.1. The Morgan fingerprint density at radius 3 is 2.55 bits per heavy atom. The summed E-state index contributed by atoms with van der Waals surface area (Å²) in [6, 6.07) is 20.9. The summed E-state index contributed by atoms with van der Waals surface area (Å²) in [5.74, 6) is 1.15. The lowest BCUT2D eigenvalue weighted by Crippen LogP contribution is -2.56. The number of aromatic nitrogens is 2. The molecule has 6 heteroatoms. The van der Waals surface area contributed by atoms with Gasteiger partial charge in [0.25, 0.3) is 5.91 Å². The minimum atomic E-state index is 0.0126. The van der Waals surface area contributed by atoms with Crippen molar-refractivity contribution >= 4 is 11.6 Å². The number of anilines is 1. The molecule has 4 heterocycles. The average molecular weight is 444 g/mol. The highest BCUT2D eigenvalue weighted by Gasteiger charge is 2.41. The predicted molar refractivity (Wildman–Crippen MR) is 133 cm³/mol. The fourth-order valence-corrected chi connectivity index (χ4v) is 5.49. The second kappa shape index (κ2) is 9.02. The van der Waals surface area contributed by atoms with E-state index in [9.17, 15) is 4.79 Å². The van der Waals surface area contributed by atoms with Crippen LogP contribution in [-0.2, 0) is 7.05 Å². The lowest BCUT2D eigenvalue weighted by Gasteiger charge is -2.50. The summed E-state index contributed by atoms with van der Waals surface area (Å²) >= 11 is 0. The van der Waals surface area contributed by atoms with Gasteiger partial charge >= 0.3 is 0 Å². The molecule has 4 atom stereocenters. The van der Waals surface area contributed by atoms with Crippen LogP contribution in [-0.4, -0.2) is 60.4 Å². The van der Waals surface area contributed by atoms with E-state index in [1.165, 1.54) is 17.7 Å². The molecule has 1 N–H and O–H groups in total. The molecule has 0 saturated carbocycles. The number of aryl methyl sites for hydroxylation is 1. The van der Waals surface area contributed by atoms with E-state index in [2.05, 4.69) is 52.3 Å². The third kappa shape index (κ3) is 4.40. The molecule has 0 aliphatic carbocycles. The van der Waals surface area contributed by atoms with Crippen LogP contribution in [0.4, 0.5) is 5.69 Å². The molecule has 172 valence electrons. The van der Waals surface area contributed by atoms with Gasteiger partial charge in [0.1, 0.15) is 0 Å². The van der Waals surface area contributed by atoms with Gasteiger partial charge in [-0.1, -0.05) is 30.3 Å². The van der Waals surface area contributed by atoms with E-state index in [4.69, 9.17) is 5.10 Å². The number of nitrogens with one attached hydrogen (secondary N) is 1. The molecule has 3 fully saturated rings. The zero-order valence-electron chi connectivity index (χ0n) is 19.7. The highest BCUT2D eigenvalue weighted by molar-refractivity contribution is 5.94. The maximum atomic E-state index is 12.7. The molecule has 2 bridgehead atoms. The first-order chi connectivity index (χ1) is 16.0. The zero-order chi connectivity index (χ0) is 22.9. The first-order valence-electron chi connectivity index (χ1n) is 11.9. The summed E-state index contributed by atoms with van der Waals surface area (Å²) in [6.07, 6.45) is 2.34. The van der Waals surface area contributed by atoms with Crippen molar-refractivity contribution in [2.75, 3.05) is 38.6 Å². The standard InChI is InChI=1S/C27H33N5O/c1-30(2)22-11-9-20(10-12-22)27(33)28-17-23-15-21-13-14-32(23)18-24(21)26-16-25(29-31(26)3)19-7-5-4-6-8-19/h4-12,16,21,23-24H,13-15,17-18H2,1-3H3,(H,28,33)/t21-,23+,24-/m0/s1. The number of fused-ring (bicyclic) bond motifs is 3. The van der Waals surface area contributed by atoms with Crippen LogP contribution in [0.2, 0.25) is 0 Å². The number of nitrogens with zero attached hydrogens (tertiary/aromatic N) is 4. The van der Waals surface area contributed by atoms with Gasteiger partial charge in [0.2, 0.25) is 0 Å². The Kier molecular flexibility index (Phi) is 5.94. The fourth-order valence-electron chi connectivity index (χ4n) is 5.49. The van der Waals surface area contributed by atoms with Crippen molar-refractivity contribution in [2.45, 2.75) is 24.8 Å². The number of piperidine rings is 3. The Hall–Kier alpha value is -3.12. The predicted octanol–water partition coefficient (Wildman–Crippen LogP) is 3.76. The minimum absolute atomic E-state index is 0.0126.